The second kappa shape index (κ2) is 6.71. The molecular weight excluding hydrogens is 240 g/mol. The Morgan fingerprint density at radius 3 is 2.58 bits per heavy atom. The summed E-state index contributed by atoms with van der Waals surface area (Å²) in [6.45, 7) is 12.6. The zero-order valence-corrected chi connectivity index (χ0v) is 13.1. The summed E-state index contributed by atoms with van der Waals surface area (Å²) in [6.07, 6.45) is 2.20. The van der Waals surface area contributed by atoms with E-state index >= 15 is 0 Å². The van der Waals surface area contributed by atoms with Gasteiger partial charge in [-0.1, -0.05) is 34.6 Å². The normalized spacial score (nSPS) is 22.1. The van der Waals surface area contributed by atoms with Crippen molar-refractivity contribution in [3.63, 3.8) is 0 Å². The molecule has 1 saturated heterocycles. The first-order chi connectivity index (χ1) is 8.71. The minimum atomic E-state index is -0.429. The third-order valence-corrected chi connectivity index (χ3v) is 3.70. The fourth-order valence-electron chi connectivity index (χ4n) is 2.10. The molecule has 1 rings (SSSR count). The topological polar surface area (TPSA) is 55.6 Å². The summed E-state index contributed by atoms with van der Waals surface area (Å²) in [4.78, 5) is 14.1. The maximum atomic E-state index is 12.3. The van der Waals surface area contributed by atoms with Gasteiger partial charge >= 0.3 is 0 Å². The fourth-order valence-corrected chi connectivity index (χ4v) is 2.10. The molecule has 4 heteroatoms. The van der Waals surface area contributed by atoms with Crippen LogP contribution in [0.25, 0.3) is 0 Å². The van der Waals surface area contributed by atoms with Crippen LogP contribution in [0.4, 0.5) is 0 Å². The molecule has 0 saturated carbocycles. The summed E-state index contributed by atoms with van der Waals surface area (Å²) < 4.78 is 5.82. The lowest BCUT2D eigenvalue weighted by molar-refractivity contribution is -0.134. The standard InChI is InChI=1S/C15H30N2O2/c1-11(2)7-9-19-12-6-8-17(10-12)14(18)13(16)15(3,4)5/h11-13H,6-10,16H2,1-5H3/t12?,13-/m1/s1. The van der Waals surface area contributed by atoms with Crippen molar-refractivity contribution in [2.75, 3.05) is 19.7 Å². The summed E-state index contributed by atoms with van der Waals surface area (Å²) in [7, 11) is 0. The van der Waals surface area contributed by atoms with E-state index in [2.05, 4.69) is 13.8 Å². The second-order valence-corrected chi connectivity index (χ2v) is 7.09. The zero-order chi connectivity index (χ0) is 14.6. The predicted octanol–water partition coefficient (Wildman–Crippen LogP) is 2.02. The molecule has 4 nitrogen and oxygen atoms in total. The Hall–Kier alpha value is -0.610. The van der Waals surface area contributed by atoms with E-state index in [1.165, 1.54) is 0 Å². The Morgan fingerprint density at radius 1 is 1.42 bits per heavy atom. The van der Waals surface area contributed by atoms with Crippen molar-refractivity contribution in [1.29, 1.82) is 0 Å². The van der Waals surface area contributed by atoms with Gasteiger partial charge in [-0.3, -0.25) is 4.79 Å². The molecule has 0 aliphatic carbocycles. The van der Waals surface area contributed by atoms with Crippen LogP contribution in [0.15, 0.2) is 0 Å². The van der Waals surface area contributed by atoms with Gasteiger partial charge in [0.2, 0.25) is 5.91 Å². The van der Waals surface area contributed by atoms with Crippen molar-refractivity contribution in [2.45, 2.75) is 59.6 Å². The fraction of sp³-hybridized carbons (Fsp3) is 0.933. The van der Waals surface area contributed by atoms with Crippen LogP contribution in [-0.4, -0.2) is 42.6 Å². The lowest BCUT2D eigenvalue weighted by Gasteiger charge is -2.29. The van der Waals surface area contributed by atoms with Crippen LogP contribution in [0.5, 0.6) is 0 Å². The SMILES string of the molecule is CC(C)CCOC1CCN(C(=O)[C@@H](N)C(C)(C)C)C1. The van der Waals surface area contributed by atoms with Crippen LogP contribution in [0, 0.1) is 11.3 Å². The Balaban J connectivity index is 2.37. The van der Waals surface area contributed by atoms with Crippen LogP contribution in [0.1, 0.15) is 47.5 Å². The monoisotopic (exact) mass is 270 g/mol. The number of hydrogen-bond acceptors (Lipinski definition) is 3. The molecular formula is C15H30N2O2. The zero-order valence-electron chi connectivity index (χ0n) is 13.1. The third kappa shape index (κ3) is 5.11. The van der Waals surface area contributed by atoms with Gasteiger partial charge in [0.25, 0.3) is 0 Å². The Kier molecular flexibility index (Phi) is 5.81. The molecule has 0 aromatic carbocycles. The Morgan fingerprint density at radius 2 is 2.05 bits per heavy atom. The van der Waals surface area contributed by atoms with Gasteiger partial charge in [0.05, 0.1) is 12.1 Å². The van der Waals surface area contributed by atoms with Gasteiger partial charge in [-0.25, -0.2) is 0 Å². The molecule has 1 fully saturated rings. The van der Waals surface area contributed by atoms with Crippen LogP contribution < -0.4 is 5.73 Å². The molecule has 0 spiro atoms. The van der Waals surface area contributed by atoms with E-state index in [1.807, 2.05) is 25.7 Å². The summed E-state index contributed by atoms with van der Waals surface area (Å²) in [5.41, 5.74) is 5.84. The largest absolute Gasteiger partial charge is 0.376 e. The van der Waals surface area contributed by atoms with Crippen molar-refractivity contribution in [1.82, 2.24) is 4.90 Å². The van der Waals surface area contributed by atoms with Crippen molar-refractivity contribution in [2.24, 2.45) is 17.1 Å². The molecule has 112 valence electrons. The lowest BCUT2D eigenvalue weighted by atomic mass is 9.86. The number of nitrogens with zero attached hydrogens (tertiary/aromatic N) is 1. The molecule has 2 N–H and O–H groups in total. The van der Waals surface area contributed by atoms with Crippen molar-refractivity contribution < 1.29 is 9.53 Å². The highest BCUT2D eigenvalue weighted by atomic mass is 16.5. The van der Waals surface area contributed by atoms with Crippen LogP contribution in [0.2, 0.25) is 0 Å². The summed E-state index contributed by atoms with van der Waals surface area (Å²) >= 11 is 0. The lowest BCUT2D eigenvalue weighted by Crippen LogP contribution is -2.50. The number of hydrogen-bond donors (Lipinski definition) is 1. The van der Waals surface area contributed by atoms with E-state index in [9.17, 15) is 4.79 Å². The summed E-state index contributed by atoms with van der Waals surface area (Å²) in [6, 6.07) is -0.429. The van der Waals surface area contributed by atoms with Gasteiger partial charge in [-0.15, -0.1) is 0 Å². The maximum absolute atomic E-state index is 12.3. The first-order valence-electron chi connectivity index (χ1n) is 7.37. The minimum Gasteiger partial charge on any atom is -0.376 e. The van der Waals surface area contributed by atoms with Gasteiger partial charge in [0.1, 0.15) is 0 Å². The summed E-state index contributed by atoms with van der Waals surface area (Å²) in [5.74, 6) is 0.718. The van der Waals surface area contributed by atoms with E-state index < -0.39 is 6.04 Å². The molecule has 0 aromatic rings. The minimum absolute atomic E-state index is 0.0578. The molecule has 0 aromatic heterocycles. The summed E-state index contributed by atoms with van der Waals surface area (Å²) in [5, 5.41) is 0. The van der Waals surface area contributed by atoms with Gasteiger partial charge in [0, 0.05) is 19.7 Å². The number of carbonyl (C=O) groups excluding carboxylic acids is 1. The van der Waals surface area contributed by atoms with E-state index in [1.54, 1.807) is 0 Å². The Bertz CT molecular complexity index is 297. The van der Waals surface area contributed by atoms with E-state index in [-0.39, 0.29) is 17.4 Å². The Labute approximate surface area is 117 Å². The number of ether oxygens (including phenoxy) is 1. The van der Waals surface area contributed by atoms with Gasteiger partial charge in [-0.2, -0.15) is 0 Å². The number of amides is 1. The molecule has 1 unspecified atom stereocenters. The quantitative estimate of drug-likeness (QED) is 0.831. The van der Waals surface area contributed by atoms with Gasteiger partial charge in [0.15, 0.2) is 0 Å². The first kappa shape index (κ1) is 16.4. The molecule has 1 amide bonds. The molecule has 0 radical (unpaired) electrons. The van der Waals surface area contributed by atoms with Crippen LogP contribution >= 0.6 is 0 Å². The number of rotatable bonds is 5. The second-order valence-electron chi connectivity index (χ2n) is 7.09. The highest BCUT2D eigenvalue weighted by Crippen LogP contribution is 2.22. The number of carbonyl (C=O) groups is 1. The van der Waals surface area contributed by atoms with Crippen molar-refractivity contribution in [3.8, 4) is 0 Å². The van der Waals surface area contributed by atoms with Gasteiger partial charge in [-0.05, 0) is 24.2 Å². The molecule has 1 aliphatic heterocycles. The average molecular weight is 270 g/mol. The third-order valence-electron chi connectivity index (χ3n) is 3.70. The van der Waals surface area contributed by atoms with Crippen molar-refractivity contribution >= 4 is 5.91 Å². The number of nitrogens with two attached hydrogens (primary N) is 1. The smallest absolute Gasteiger partial charge is 0.240 e. The maximum Gasteiger partial charge on any atom is 0.240 e. The number of likely N-dealkylation sites (tertiary alicyclic amines) is 1. The molecule has 0 bridgehead atoms. The van der Waals surface area contributed by atoms with E-state index in [4.69, 9.17) is 10.5 Å². The first-order valence-corrected chi connectivity index (χ1v) is 7.37. The van der Waals surface area contributed by atoms with Gasteiger partial charge < -0.3 is 15.4 Å². The van der Waals surface area contributed by atoms with Crippen LogP contribution in [-0.2, 0) is 9.53 Å². The molecule has 19 heavy (non-hydrogen) atoms. The average Bonchev–Trinajstić information content (AvgIpc) is 2.74. The van der Waals surface area contributed by atoms with Crippen molar-refractivity contribution in [3.05, 3.63) is 0 Å². The molecule has 1 heterocycles. The predicted molar refractivity (Wildman–Crippen MR) is 77.8 cm³/mol. The van der Waals surface area contributed by atoms with Crippen LogP contribution in [0.3, 0.4) is 0 Å². The van der Waals surface area contributed by atoms with E-state index in [0.717, 1.165) is 26.0 Å². The highest BCUT2D eigenvalue weighted by Gasteiger charge is 2.34. The highest BCUT2D eigenvalue weighted by molar-refractivity contribution is 5.82. The molecule has 1 aliphatic rings. The molecule has 2 atom stereocenters. The van der Waals surface area contributed by atoms with E-state index in [0.29, 0.717) is 12.5 Å².